The molecule has 124 valence electrons. The second kappa shape index (κ2) is 16.3. The van der Waals surface area contributed by atoms with Gasteiger partial charge < -0.3 is 26.9 Å². The number of rotatable bonds is 2. The fraction of sp³-hybridized carbons (Fsp3) is 0.571. The number of hydrogen-bond acceptors (Lipinski definition) is 2. The molecule has 7 nitrogen and oxygen atoms in total. The number of carbonyl (C=O) groups is 1. The van der Waals surface area contributed by atoms with E-state index >= 15 is 0 Å². The lowest BCUT2D eigenvalue weighted by molar-refractivity contribution is -0.124. The van der Waals surface area contributed by atoms with Gasteiger partial charge in [0.1, 0.15) is 5.78 Å². The van der Waals surface area contributed by atoms with Gasteiger partial charge in [0.25, 0.3) is 0 Å². The van der Waals surface area contributed by atoms with Crippen LogP contribution < -0.4 is 0 Å². The van der Waals surface area contributed by atoms with Crippen molar-refractivity contribution in [3.8, 4) is 11.8 Å². The summed E-state index contributed by atoms with van der Waals surface area (Å²) in [6.07, 6.45) is 8.43. The van der Waals surface area contributed by atoms with Crippen molar-refractivity contribution >= 4 is 5.78 Å². The third-order valence-corrected chi connectivity index (χ3v) is 2.95. The van der Waals surface area contributed by atoms with Gasteiger partial charge in [0.15, 0.2) is 0 Å². The van der Waals surface area contributed by atoms with E-state index in [0.717, 1.165) is 31.4 Å². The molecule has 1 fully saturated rings. The number of H-pyrrole nitrogens is 1. The number of aromatic amines is 1. The molecule has 0 bridgehead atoms. The number of aromatic nitrogens is 2. The Bertz CT molecular complexity index is 389. The van der Waals surface area contributed by atoms with Crippen LogP contribution in [-0.2, 0) is 11.2 Å². The monoisotopic (exact) mass is 304 g/mol. The number of ketones is 1. The van der Waals surface area contributed by atoms with Gasteiger partial charge in [-0.1, -0.05) is 6.42 Å². The summed E-state index contributed by atoms with van der Waals surface area (Å²) in [6.45, 7) is 3.64. The Hall–Kier alpha value is -1.72. The van der Waals surface area contributed by atoms with Gasteiger partial charge in [-0.2, -0.15) is 0 Å². The molecule has 1 saturated carbocycles. The molecule has 7 heteroatoms. The minimum Gasteiger partial charge on any atom is -0.412 e. The standard InChI is InChI=1S/C10H14N2O.C4H6.4H2O/c13-10-4-2-1-3-8(10)5-9-6-11-7-12-9;1-3-4-2;;;;/h6-8H,1-5H2,(H,11,12);1-2H3;4*1H2. The molecule has 1 heterocycles. The molecular formula is C14H28N2O5. The molecule has 1 aromatic rings. The lowest BCUT2D eigenvalue weighted by Gasteiger charge is -2.19. The highest BCUT2D eigenvalue weighted by Gasteiger charge is 2.22. The van der Waals surface area contributed by atoms with Crippen LogP contribution in [0.2, 0.25) is 0 Å². The lowest BCUT2D eigenvalue weighted by Crippen LogP contribution is -2.21. The molecule has 0 aliphatic heterocycles. The average Bonchev–Trinajstić information content (AvgIpc) is 2.85. The molecule has 0 radical (unpaired) electrons. The molecule has 1 aliphatic rings. The van der Waals surface area contributed by atoms with Crippen molar-refractivity contribution in [3.63, 3.8) is 0 Å². The van der Waals surface area contributed by atoms with E-state index < -0.39 is 0 Å². The van der Waals surface area contributed by atoms with Gasteiger partial charge >= 0.3 is 0 Å². The fourth-order valence-electron chi connectivity index (χ4n) is 1.93. The van der Waals surface area contributed by atoms with E-state index in [1.54, 1.807) is 6.33 Å². The Morgan fingerprint density at radius 1 is 1.19 bits per heavy atom. The van der Waals surface area contributed by atoms with Crippen molar-refractivity contribution in [3.05, 3.63) is 18.2 Å². The van der Waals surface area contributed by atoms with Crippen molar-refractivity contribution in [2.24, 2.45) is 5.92 Å². The molecule has 1 atom stereocenters. The highest BCUT2D eigenvalue weighted by Crippen LogP contribution is 2.23. The minimum atomic E-state index is 0. The summed E-state index contributed by atoms with van der Waals surface area (Å²) < 4.78 is 0. The van der Waals surface area contributed by atoms with E-state index in [2.05, 4.69) is 21.8 Å². The van der Waals surface area contributed by atoms with Crippen LogP contribution in [0, 0.1) is 17.8 Å². The Balaban J connectivity index is -0.000000164. The molecular weight excluding hydrogens is 276 g/mol. The summed E-state index contributed by atoms with van der Waals surface area (Å²) >= 11 is 0. The van der Waals surface area contributed by atoms with E-state index in [0.29, 0.717) is 5.78 Å². The number of imidazole rings is 1. The molecule has 1 aromatic heterocycles. The molecule has 0 spiro atoms. The summed E-state index contributed by atoms with van der Waals surface area (Å²) in [6, 6.07) is 0. The van der Waals surface area contributed by atoms with Gasteiger partial charge in [-0.05, 0) is 33.1 Å². The maximum Gasteiger partial charge on any atom is 0.136 e. The quantitative estimate of drug-likeness (QED) is 0.722. The van der Waals surface area contributed by atoms with E-state index in [9.17, 15) is 4.79 Å². The Labute approximate surface area is 125 Å². The summed E-state index contributed by atoms with van der Waals surface area (Å²) in [7, 11) is 0. The number of carbonyl (C=O) groups excluding carboxylic acids is 1. The van der Waals surface area contributed by atoms with Crippen molar-refractivity contribution in [1.82, 2.24) is 9.97 Å². The maximum absolute atomic E-state index is 11.5. The van der Waals surface area contributed by atoms with E-state index in [1.807, 2.05) is 20.0 Å². The number of hydrogen-bond donors (Lipinski definition) is 1. The third-order valence-electron chi connectivity index (χ3n) is 2.95. The smallest absolute Gasteiger partial charge is 0.136 e. The zero-order valence-electron chi connectivity index (χ0n) is 12.6. The predicted molar refractivity (Wildman–Crippen MR) is 82.8 cm³/mol. The molecule has 1 unspecified atom stereocenters. The van der Waals surface area contributed by atoms with Gasteiger partial charge in [0.2, 0.25) is 0 Å². The first-order valence-electron chi connectivity index (χ1n) is 6.11. The summed E-state index contributed by atoms with van der Waals surface area (Å²) in [4.78, 5) is 18.5. The normalized spacial score (nSPS) is 15.1. The maximum atomic E-state index is 11.5. The largest absolute Gasteiger partial charge is 0.412 e. The summed E-state index contributed by atoms with van der Waals surface area (Å²) in [5.41, 5.74) is 1.08. The summed E-state index contributed by atoms with van der Waals surface area (Å²) in [5.74, 6) is 6.04. The minimum absolute atomic E-state index is 0. The highest BCUT2D eigenvalue weighted by molar-refractivity contribution is 5.81. The number of nitrogens with one attached hydrogen (secondary N) is 1. The molecule has 21 heavy (non-hydrogen) atoms. The molecule has 0 amide bonds. The van der Waals surface area contributed by atoms with Gasteiger partial charge in [-0.3, -0.25) is 4.79 Å². The van der Waals surface area contributed by atoms with Crippen molar-refractivity contribution in [2.75, 3.05) is 0 Å². The predicted octanol–water partition coefficient (Wildman–Crippen LogP) is -0.558. The van der Waals surface area contributed by atoms with Crippen molar-refractivity contribution in [1.29, 1.82) is 0 Å². The SMILES string of the molecule is CC#CC.O.O.O.O.O=C1CCCCC1Cc1cnc[nH]1. The molecule has 0 aromatic carbocycles. The van der Waals surface area contributed by atoms with Crippen LogP contribution in [0.4, 0.5) is 0 Å². The zero-order valence-corrected chi connectivity index (χ0v) is 12.6. The van der Waals surface area contributed by atoms with E-state index in [1.165, 1.54) is 6.42 Å². The van der Waals surface area contributed by atoms with Gasteiger partial charge in [-0.25, -0.2) is 4.98 Å². The number of nitrogens with zero attached hydrogens (tertiary/aromatic N) is 1. The van der Waals surface area contributed by atoms with Crippen LogP contribution in [0.3, 0.4) is 0 Å². The lowest BCUT2D eigenvalue weighted by atomic mass is 9.85. The average molecular weight is 304 g/mol. The van der Waals surface area contributed by atoms with Crippen LogP contribution in [0.15, 0.2) is 12.5 Å². The second-order valence-electron chi connectivity index (χ2n) is 4.19. The molecule has 9 N–H and O–H groups in total. The fourth-order valence-corrected chi connectivity index (χ4v) is 1.93. The highest BCUT2D eigenvalue weighted by atomic mass is 16.1. The van der Waals surface area contributed by atoms with Crippen LogP contribution in [0.1, 0.15) is 45.2 Å². The summed E-state index contributed by atoms with van der Waals surface area (Å²) in [5, 5.41) is 0. The van der Waals surface area contributed by atoms with Crippen molar-refractivity contribution < 1.29 is 26.7 Å². The third kappa shape index (κ3) is 10.7. The first kappa shape index (κ1) is 27.6. The molecule has 0 saturated heterocycles. The van der Waals surface area contributed by atoms with Crippen LogP contribution >= 0.6 is 0 Å². The Morgan fingerprint density at radius 3 is 2.24 bits per heavy atom. The first-order chi connectivity index (χ1) is 8.27. The van der Waals surface area contributed by atoms with Crippen molar-refractivity contribution in [2.45, 2.75) is 46.0 Å². The van der Waals surface area contributed by atoms with Gasteiger partial charge in [0, 0.05) is 24.2 Å². The van der Waals surface area contributed by atoms with Crippen LogP contribution in [0.5, 0.6) is 0 Å². The zero-order chi connectivity index (χ0) is 12.5. The number of Topliss-reactive ketones (excluding diaryl/α,β-unsaturated/α-hetero) is 1. The van der Waals surface area contributed by atoms with Crippen LogP contribution in [-0.4, -0.2) is 37.7 Å². The van der Waals surface area contributed by atoms with E-state index in [-0.39, 0.29) is 27.8 Å². The molecule has 1 aliphatic carbocycles. The van der Waals surface area contributed by atoms with Gasteiger partial charge in [-0.15, -0.1) is 11.8 Å². The van der Waals surface area contributed by atoms with Gasteiger partial charge in [0.05, 0.1) is 6.33 Å². The first-order valence-corrected chi connectivity index (χ1v) is 6.11. The topological polar surface area (TPSA) is 172 Å². The Morgan fingerprint density at radius 2 is 1.81 bits per heavy atom. The Kier molecular flexibility index (Phi) is 21.5. The molecule has 2 rings (SSSR count). The van der Waals surface area contributed by atoms with Crippen LogP contribution in [0.25, 0.3) is 0 Å². The second-order valence-corrected chi connectivity index (χ2v) is 4.19. The van der Waals surface area contributed by atoms with E-state index in [4.69, 9.17) is 0 Å².